The smallest absolute Gasteiger partial charge is 0.410 e. The standard InChI is InChI=1S/C20H32N2O3/c1-5-24-18-10-6-8-16(14-18)15-21-12-11-17-9-7-13-22(17)19(23)25-20(2,3)4/h6,8,10,14,17,21H,5,7,9,11-13,15H2,1-4H3. The number of nitrogens with one attached hydrogen (secondary N) is 1. The van der Waals surface area contributed by atoms with E-state index in [-0.39, 0.29) is 12.1 Å². The number of ether oxygens (including phenoxy) is 2. The normalized spacial score (nSPS) is 17.6. The number of likely N-dealkylation sites (tertiary alicyclic amines) is 1. The van der Waals surface area contributed by atoms with Gasteiger partial charge in [-0.1, -0.05) is 12.1 Å². The average molecular weight is 348 g/mol. The molecule has 0 spiro atoms. The highest BCUT2D eigenvalue weighted by Crippen LogP contribution is 2.22. The van der Waals surface area contributed by atoms with Crippen molar-refractivity contribution in [2.24, 2.45) is 0 Å². The number of carbonyl (C=O) groups excluding carboxylic acids is 1. The second-order valence-corrected chi connectivity index (χ2v) is 7.52. The Morgan fingerprint density at radius 1 is 1.36 bits per heavy atom. The van der Waals surface area contributed by atoms with Crippen molar-refractivity contribution in [3.8, 4) is 5.75 Å². The van der Waals surface area contributed by atoms with Crippen LogP contribution < -0.4 is 10.1 Å². The van der Waals surface area contributed by atoms with Crippen molar-refractivity contribution in [3.63, 3.8) is 0 Å². The topological polar surface area (TPSA) is 50.8 Å². The summed E-state index contributed by atoms with van der Waals surface area (Å²) in [6.07, 6.45) is 2.88. The molecule has 1 atom stereocenters. The molecule has 1 amide bonds. The number of amides is 1. The van der Waals surface area contributed by atoms with Gasteiger partial charge in [-0.25, -0.2) is 4.79 Å². The quantitative estimate of drug-likeness (QED) is 0.758. The Hall–Kier alpha value is -1.75. The Morgan fingerprint density at radius 2 is 2.16 bits per heavy atom. The Bertz CT molecular complexity index is 554. The van der Waals surface area contributed by atoms with Crippen LogP contribution in [-0.4, -0.2) is 42.3 Å². The van der Waals surface area contributed by atoms with Gasteiger partial charge < -0.3 is 19.7 Å². The van der Waals surface area contributed by atoms with Gasteiger partial charge in [-0.05, 0) is 71.2 Å². The first-order valence-electron chi connectivity index (χ1n) is 9.31. The lowest BCUT2D eigenvalue weighted by molar-refractivity contribution is 0.0220. The first-order valence-corrected chi connectivity index (χ1v) is 9.31. The fraction of sp³-hybridized carbons (Fsp3) is 0.650. The van der Waals surface area contributed by atoms with E-state index in [4.69, 9.17) is 9.47 Å². The highest BCUT2D eigenvalue weighted by molar-refractivity contribution is 5.68. The van der Waals surface area contributed by atoms with Crippen LogP contribution >= 0.6 is 0 Å². The maximum absolute atomic E-state index is 12.3. The Morgan fingerprint density at radius 3 is 2.88 bits per heavy atom. The zero-order chi connectivity index (χ0) is 18.3. The summed E-state index contributed by atoms with van der Waals surface area (Å²) < 4.78 is 11.0. The monoisotopic (exact) mass is 348 g/mol. The van der Waals surface area contributed by atoms with Gasteiger partial charge in [-0.3, -0.25) is 0 Å². The lowest BCUT2D eigenvalue weighted by Gasteiger charge is -2.28. The molecular weight excluding hydrogens is 316 g/mol. The highest BCUT2D eigenvalue weighted by atomic mass is 16.6. The van der Waals surface area contributed by atoms with Gasteiger partial charge in [0.25, 0.3) is 0 Å². The maximum atomic E-state index is 12.3. The van der Waals surface area contributed by atoms with Crippen molar-refractivity contribution in [3.05, 3.63) is 29.8 Å². The molecule has 5 heteroatoms. The number of nitrogens with zero attached hydrogens (tertiary/aromatic N) is 1. The molecule has 0 radical (unpaired) electrons. The minimum Gasteiger partial charge on any atom is -0.494 e. The molecule has 5 nitrogen and oxygen atoms in total. The van der Waals surface area contributed by atoms with Gasteiger partial charge in [0.1, 0.15) is 11.4 Å². The lowest BCUT2D eigenvalue weighted by atomic mass is 10.1. The second kappa shape index (κ2) is 9.09. The Balaban J connectivity index is 1.75. The summed E-state index contributed by atoms with van der Waals surface area (Å²) in [6, 6.07) is 8.43. The summed E-state index contributed by atoms with van der Waals surface area (Å²) in [5.41, 5.74) is 0.773. The number of hydrogen-bond acceptors (Lipinski definition) is 4. The molecule has 0 bridgehead atoms. The molecule has 0 aliphatic carbocycles. The summed E-state index contributed by atoms with van der Waals surface area (Å²) in [6.45, 7) is 10.9. The minimum absolute atomic E-state index is 0.181. The first-order chi connectivity index (χ1) is 11.9. The molecule has 0 saturated carbocycles. The summed E-state index contributed by atoms with van der Waals surface area (Å²) >= 11 is 0. The summed E-state index contributed by atoms with van der Waals surface area (Å²) in [7, 11) is 0. The molecule has 140 valence electrons. The van der Waals surface area contributed by atoms with Crippen molar-refractivity contribution in [2.75, 3.05) is 19.7 Å². The van der Waals surface area contributed by atoms with Crippen molar-refractivity contribution in [2.45, 2.75) is 65.1 Å². The summed E-state index contributed by atoms with van der Waals surface area (Å²) in [5, 5.41) is 3.47. The Kier molecular flexibility index (Phi) is 7.12. The van der Waals surface area contributed by atoms with Crippen molar-refractivity contribution < 1.29 is 14.3 Å². The van der Waals surface area contributed by atoms with Gasteiger partial charge in [0.2, 0.25) is 0 Å². The molecule has 1 unspecified atom stereocenters. The molecule has 1 fully saturated rings. The summed E-state index contributed by atoms with van der Waals surface area (Å²) in [4.78, 5) is 14.2. The third-order valence-electron chi connectivity index (χ3n) is 4.20. The fourth-order valence-corrected chi connectivity index (χ4v) is 3.11. The van der Waals surface area contributed by atoms with Crippen molar-refractivity contribution in [1.29, 1.82) is 0 Å². The van der Waals surface area contributed by atoms with E-state index in [0.717, 1.165) is 44.6 Å². The van der Waals surface area contributed by atoms with Crippen LogP contribution in [0.5, 0.6) is 5.75 Å². The maximum Gasteiger partial charge on any atom is 0.410 e. The van der Waals surface area contributed by atoms with Crippen LogP contribution in [0.1, 0.15) is 52.5 Å². The molecule has 1 N–H and O–H groups in total. The van der Waals surface area contributed by atoms with E-state index < -0.39 is 5.60 Å². The van der Waals surface area contributed by atoms with Crippen molar-refractivity contribution in [1.82, 2.24) is 10.2 Å². The average Bonchev–Trinajstić information content (AvgIpc) is 2.99. The van der Waals surface area contributed by atoms with E-state index in [1.807, 2.05) is 44.7 Å². The van der Waals surface area contributed by atoms with Crippen molar-refractivity contribution >= 4 is 6.09 Å². The molecule has 1 aliphatic heterocycles. The lowest BCUT2D eigenvalue weighted by Crippen LogP contribution is -2.40. The number of carbonyl (C=O) groups is 1. The van der Waals surface area contributed by atoms with Gasteiger partial charge >= 0.3 is 6.09 Å². The van der Waals surface area contributed by atoms with Crippen LogP contribution in [0.3, 0.4) is 0 Å². The predicted molar refractivity (Wildman–Crippen MR) is 99.9 cm³/mol. The largest absolute Gasteiger partial charge is 0.494 e. The summed E-state index contributed by atoms with van der Waals surface area (Å²) in [5.74, 6) is 0.911. The number of benzene rings is 1. The second-order valence-electron chi connectivity index (χ2n) is 7.52. The van der Waals surface area contributed by atoms with E-state index in [9.17, 15) is 4.79 Å². The number of rotatable bonds is 7. The van der Waals surface area contributed by atoms with E-state index in [0.29, 0.717) is 6.61 Å². The predicted octanol–water partition coefficient (Wildman–Crippen LogP) is 3.96. The highest BCUT2D eigenvalue weighted by Gasteiger charge is 2.31. The van der Waals surface area contributed by atoms with E-state index in [2.05, 4.69) is 17.4 Å². The zero-order valence-corrected chi connectivity index (χ0v) is 16.0. The molecule has 1 saturated heterocycles. The van der Waals surface area contributed by atoms with Gasteiger partial charge in [0.05, 0.1) is 6.61 Å². The zero-order valence-electron chi connectivity index (χ0n) is 16.0. The third kappa shape index (κ3) is 6.58. The molecule has 1 aliphatic rings. The molecule has 25 heavy (non-hydrogen) atoms. The van der Waals surface area contributed by atoms with E-state index in [1.54, 1.807) is 0 Å². The molecule has 2 rings (SSSR count). The van der Waals surface area contributed by atoms with Crippen LogP contribution in [0, 0.1) is 0 Å². The minimum atomic E-state index is -0.436. The molecular formula is C20H32N2O3. The van der Waals surface area contributed by atoms with Crippen LogP contribution in [-0.2, 0) is 11.3 Å². The molecule has 1 aromatic carbocycles. The van der Waals surface area contributed by atoms with Crippen LogP contribution in [0.15, 0.2) is 24.3 Å². The van der Waals surface area contributed by atoms with Crippen LogP contribution in [0.4, 0.5) is 4.79 Å². The third-order valence-corrected chi connectivity index (χ3v) is 4.20. The van der Waals surface area contributed by atoms with Crippen LogP contribution in [0.25, 0.3) is 0 Å². The van der Waals surface area contributed by atoms with Gasteiger partial charge in [0, 0.05) is 19.1 Å². The molecule has 1 aromatic rings. The fourth-order valence-electron chi connectivity index (χ4n) is 3.11. The first kappa shape index (κ1) is 19.6. The van der Waals surface area contributed by atoms with Gasteiger partial charge in [-0.2, -0.15) is 0 Å². The SMILES string of the molecule is CCOc1cccc(CNCCC2CCCN2C(=O)OC(C)(C)C)c1. The van der Waals surface area contributed by atoms with Gasteiger partial charge in [0.15, 0.2) is 0 Å². The molecule has 0 aromatic heterocycles. The van der Waals surface area contributed by atoms with E-state index in [1.165, 1.54) is 5.56 Å². The molecule has 1 heterocycles. The van der Waals surface area contributed by atoms with E-state index >= 15 is 0 Å². The van der Waals surface area contributed by atoms with Gasteiger partial charge in [-0.15, -0.1) is 0 Å². The van der Waals surface area contributed by atoms with Crippen LogP contribution in [0.2, 0.25) is 0 Å². The number of hydrogen-bond donors (Lipinski definition) is 1. The Labute approximate surface area is 151 Å².